The molecule has 0 aliphatic heterocycles. The van der Waals surface area contributed by atoms with Gasteiger partial charge < -0.3 is 0 Å². The molecule has 0 bridgehead atoms. The maximum atomic E-state index is 9.46. The van der Waals surface area contributed by atoms with E-state index in [0.29, 0.717) is 16.7 Å². The molecule has 10 rings (SSSR count). The van der Waals surface area contributed by atoms with Crippen LogP contribution in [0.4, 0.5) is 0 Å². The summed E-state index contributed by atoms with van der Waals surface area (Å²) in [5.41, 5.74) is 4.07. The van der Waals surface area contributed by atoms with Crippen LogP contribution in [0.5, 0.6) is 0 Å². The lowest BCUT2D eigenvalue weighted by Crippen LogP contribution is -1.97. The monoisotopic (exact) mass is 628 g/mol. The molecule has 0 atom stereocenters. The van der Waals surface area contributed by atoms with Crippen LogP contribution in [0.15, 0.2) is 182 Å². The van der Waals surface area contributed by atoms with Crippen LogP contribution >= 0.6 is 0 Å². The summed E-state index contributed by atoms with van der Waals surface area (Å²) in [7, 11) is 0. The molecule has 0 heterocycles. The van der Waals surface area contributed by atoms with Crippen LogP contribution in [0.2, 0.25) is 0 Å². The number of hydrogen-bond acceptors (Lipinski definition) is 0. The molecule has 0 aliphatic rings. The Hall–Kier alpha value is -6.24. The summed E-state index contributed by atoms with van der Waals surface area (Å²) in [4.78, 5) is 0. The largest absolute Gasteiger partial charge is 0.0629 e. The molecule has 0 aliphatic carbocycles. The van der Waals surface area contributed by atoms with Gasteiger partial charge in [0.25, 0.3) is 0 Å². The molecule has 0 heteroatoms. The summed E-state index contributed by atoms with van der Waals surface area (Å²) in [6.45, 7) is 0. The van der Waals surface area contributed by atoms with Crippen molar-refractivity contribution in [3.05, 3.63) is 193 Å². The first kappa shape index (κ1) is 20.9. The normalized spacial score (nSPS) is 14.0. The Morgan fingerprint density at radius 1 is 0.388 bits per heavy atom. The van der Waals surface area contributed by atoms with Crippen LogP contribution in [0.25, 0.3) is 86.9 Å². The average molecular weight is 629 g/mol. The van der Waals surface area contributed by atoms with Gasteiger partial charge in [-0.3, -0.25) is 0 Å². The van der Waals surface area contributed by atoms with Crippen molar-refractivity contribution in [2.75, 3.05) is 0 Å². The van der Waals surface area contributed by atoms with E-state index in [1.54, 1.807) is 0 Å². The Labute approximate surface area is 296 Å². The molecular weight excluding hydrogens is 589 g/mol. The van der Waals surface area contributed by atoms with Gasteiger partial charge in [-0.15, -0.1) is 0 Å². The maximum Gasteiger partial charge on any atom is 0.0629 e. The summed E-state index contributed by atoms with van der Waals surface area (Å²) < 4.78 is 73.4. The van der Waals surface area contributed by atoms with Crippen LogP contribution in [-0.4, -0.2) is 0 Å². The molecule has 49 heavy (non-hydrogen) atoms. The fourth-order valence-electron chi connectivity index (χ4n) is 7.78. The molecule has 10 aromatic rings. The van der Waals surface area contributed by atoms with Gasteiger partial charge in [0.15, 0.2) is 0 Å². The first-order chi connectivity index (χ1) is 27.6. The quantitative estimate of drug-likeness (QED) is 0.134. The van der Waals surface area contributed by atoms with Crippen LogP contribution < -0.4 is 0 Å². The molecule has 10 aromatic carbocycles. The zero-order valence-electron chi connectivity index (χ0n) is 34.4. The molecule has 0 spiro atoms. The van der Waals surface area contributed by atoms with Crippen molar-refractivity contribution in [1.29, 1.82) is 0 Å². The topological polar surface area (TPSA) is 0 Å². The summed E-state index contributed by atoms with van der Waals surface area (Å²) in [6.07, 6.45) is 0.150. The van der Waals surface area contributed by atoms with Gasteiger partial charge >= 0.3 is 0 Å². The van der Waals surface area contributed by atoms with Crippen molar-refractivity contribution in [1.82, 2.24) is 0 Å². The highest BCUT2D eigenvalue weighted by Gasteiger charge is 2.18. The molecule has 0 aromatic heterocycles. The predicted molar refractivity (Wildman–Crippen MR) is 212 cm³/mol. The number of hydrogen-bond donors (Lipinski definition) is 0. The first-order valence-corrected chi connectivity index (χ1v) is 16.5. The minimum Gasteiger partial charge on any atom is -0.0616 e. The molecule has 0 saturated carbocycles. The highest BCUT2D eigenvalue weighted by atomic mass is 14.2. The van der Waals surface area contributed by atoms with E-state index in [0.717, 1.165) is 59.8 Å². The van der Waals surface area contributed by atoms with Gasteiger partial charge in [0.05, 0.1) is 11.0 Å². The van der Waals surface area contributed by atoms with E-state index in [9.17, 15) is 5.48 Å². The van der Waals surface area contributed by atoms with E-state index in [4.69, 9.17) is 5.48 Å². The lowest BCUT2D eigenvalue weighted by atomic mass is 9.84. The van der Waals surface area contributed by atoms with Gasteiger partial charge in [-0.2, -0.15) is 0 Å². The predicted octanol–water partition coefficient (Wildman–Crippen LogP) is 13.5. The Morgan fingerprint density at radius 2 is 0.939 bits per heavy atom. The zero-order chi connectivity index (χ0) is 39.3. The Morgan fingerprint density at radius 3 is 1.69 bits per heavy atom. The van der Waals surface area contributed by atoms with Crippen LogP contribution in [0.3, 0.4) is 0 Å². The summed E-state index contributed by atoms with van der Waals surface area (Å²) in [5.74, 6) is 0. The lowest BCUT2D eigenvalue weighted by molar-refractivity contribution is 1.26. The molecular formula is C49H32. The molecule has 0 amide bonds. The standard InChI is InChI=1S/C49H32/c1-3-18-38-32(13-1)15-12-26-39(38)34-16-11-17-35(29-34)49-45-24-9-6-21-42(45)47(43-22-7-10-25-46(43)49)31-37-30-36-28-27-33-14-2-4-20-41(33)48(36)44-23-8-5-19-40(37)44/h1-30H,31H2/i6D,7D,9D,10D,21D,22D,24D,25D. The van der Waals surface area contributed by atoms with Crippen molar-refractivity contribution < 1.29 is 11.0 Å². The third-order valence-electron chi connectivity index (χ3n) is 9.93. The Kier molecular flexibility index (Phi) is 4.77. The SMILES string of the molecule is [2H]c1c([2H])c([2H])c2c(-c3cccc(-c4cccc5ccccc45)c3)c3c([2H])c([2H])c([2H])c([2H])c3c(Cc3cc4ccc5ccccc5c4c4ccccc34)c2c1[2H]. The second kappa shape index (κ2) is 11.2. The summed E-state index contributed by atoms with van der Waals surface area (Å²) in [6, 6.07) is 41.9. The molecule has 0 fully saturated rings. The van der Waals surface area contributed by atoms with Crippen molar-refractivity contribution in [2.45, 2.75) is 6.42 Å². The van der Waals surface area contributed by atoms with Crippen molar-refractivity contribution in [3.63, 3.8) is 0 Å². The Balaban J connectivity index is 1.34. The van der Waals surface area contributed by atoms with Gasteiger partial charge in [0.2, 0.25) is 0 Å². The highest BCUT2D eigenvalue weighted by Crippen LogP contribution is 2.43. The molecule has 228 valence electrons. The Bertz CT molecular complexity index is 3280. The van der Waals surface area contributed by atoms with Crippen molar-refractivity contribution in [2.24, 2.45) is 0 Å². The minimum atomic E-state index is -0.409. The summed E-state index contributed by atoms with van der Waals surface area (Å²) >= 11 is 0. The first-order valence-electron chi connectivity index (χ1n) is 20.5. The van der Waals surface area contributed by atoms with Gasteiger partial charge in [-0.25, -0.2) is 0 Å². The average Bonchev–Trinajstić information content (AvgIpc) is 3.25. The van der Waals surface area contributed by atoms with Gasteiger partial charge in [-0.1, -0.05) is 176 Å². The zero-order valence-corrected chi connectivity index (χ0v) is 26.4. The van der Waals surface area contributed by atoms with Crippen molar-refractivity contribution >= 4 is 64.6 Å². The number of fused-ring (bicyclic) bond motifs is 8. The molecule has 0 N–H and O–H groups in total. The smallest absolute Gasteiger partial charge is 0.0616 e. The lowest BCUT2D eigenvalue weighted by Gasteiger charge is -2.19. The maximum absolute atomic E-state index is 9.46. The fourth-order valence-corrected chi connectivity index (χ4v) is 7.78. The van der Waals surface area contributed by atoms with E-state index in [-0.39, 0.29) is 52.1 Å². The van der Waals surface area contributed by atoms with Crippen LogP contribution in [0.1, 0.15) is 22.1 Å². The molecule has 0 radical (unpaired) electrons. The van der Waals surface area contributed by atoms with Gasteiger partial charge in [-0.05, 0) is 111 Å². The highest BCUT2D eigenvalue weighted by molar-refractivity contribution is 6.21. The minimum absolute atomic E-state index is 0.150. The van der Waals surface area contributed by atoms with E-state index in [2.05, 4.69) is 54.6 Å². The van der Waals surface area contributed by atoms with Gasteiger partial charge in [0.1, 0.15) is 0 Å². The van der Waals surface area contributed by atoms with E-state index >= 15 is 0 Å². The number of benzene rings is 10. The van der Waals surface area contributed by atoms with E-state index in [1.165, 1.54) is 0 Å². The van der Waals surface area contributed by atoms with Crippen molar-refractivity contribution in [3.8, 4) is 22.3 Å². The third-order valence-corrected chi connectivity index (χ3v) is 9.93. The summed E-state index contributed by atoms with van der Waals surface area (Å²) in [5, 5.41) is 9.36. The second-order valence-corrected chi connectivity index (χ2v) is 12.6. The molecule has 0 saturated heterocycles. The van der Waals surface area contributed by atoms with Gasteiger partial charge in [0, 0.05) is 0 Å². The number of rotatable bonds is 4. The van der Waals surface area contributed by atoms with E-state index < -0.39 is 24.2 Å². The second-order valence-electron chi connectivity index (χ2n) is 12.6. The fraction of sp³-hybridized carbons (Fsp3) is 0.0204. The van der Waals surface area contributed by atoms with E-state index in [1.807, 2.05) is 78.9 Å². The molecule has 0 unspecified atom stereocenters. The molecule has 0 nitrogen and oxygen atoms in total. The van der Waals surface area contributed by atoms with Crippen LogP contribution in [-0.2, 0) is 6.42 Å². The van der Waals surface area contributed by atoms with Crippen LogP contribution in [0, 0.1) is 0 Å². The third kappa shape index (κ3) is 4.45.